The van der Waals surface area contributed by atoms with Crippen LogP contribution in [0.2, 0.25) is 0 Å². The molecule has 0 saturated heterocycles. The summed E-state index contributed by atoms with van der Waals surface area (Å²) in [6.45, 7) is 0. The molecule has 0 fully saturated rings. The van der Waals surface area contributed by atoms with Crippen LogP contribution in [0.3, 0.4) is 0 Å². The molecule has 0 aliphatic heterocycles. The van der Waals surface area contributed by atoms with Crippen molar-refractivity contribution in [2.75, 3.05) is 0 Å². The Morgan fingerprint density at radius 2 is 1.81 bits per heavy atom. The maximum atomic E-state index is 14.0. The second kappa shape index (κ2) is 5.96. The average molecular weight is 349 g/mol. The van der Waals surface area contributed by atoms with Crippen LogP contribution in [0.4, 0.5) is 4.39 Å². The van der Waals surface area contributed by atoms with Gasteiger partial charge in [0, 0.05) is 17.7 Å². The minimum Gasteiger partial charge on any atom is -0.478 e. The highest BCUT2D eigenvalue weighted by Gasteiger charge is 2.12. The van der Waals surface area contributed by atoms with Gasteiger partial charge in [-0.2, -0.15) is 9.61 Å². The molecule has 4 aromatic rings. The van der Waals surface area contributed by atoms with E-state index in [0.717, 1.165) is 4.52 Å². The molecule has 2 aromatic heterocycles. The molecule has 2 heterocycles. The lowest BCUT2D eigenvalue weighted by Crippen LogP contribution is -2.14. The molecule has 7 heteroatoms. The van der Waals surface area contributed by atoms with Crippen LogP contribution in [-0.2, 0) is 0 Å². The van der Waals surface area contributed by atoms with Gasteiger partial charge in [0.15, 0.2) is 0 Å². The molecule has 26 heavy (non-hydrogen) atoms. The van der Waals surface area contributed by atoms with Gasteiger partial charge >= 0.3 is 5.97 Å². The Bertz CT molecular complexity index is 1190. The number of aromatic amines is 1. The van der Waals surface area contributed by atoms with Crippen molar-refractivity contribution in [3.8, 4) is 22.5 Å². The Morgan fingerprint density at radius 1 is 1.08 bits per heavy atom. The molecule has 0 bridgehead atoms. The molecule has 6 nitrogen and oxygen atoms in total. The van der Waals surface area contributed by atoms with E-state index >= 15 is 0 Å². The Balaban J connectivity index is 1.83. The smallest absolute Gasteiger partial charge is 0.335 e. The van der Waals surface area contributed by atoms with Crippen LogP contribution in [0.1, 0.15) is 10.4 Å². The number of benzene rings is 2. The minimum atomic E-state index is -1.02. The predicted octanol–water partition coefficient (Wildman–Crippen LogP) is 3.19. The van der Waals surface area contributed by atoms with Crippen LogP contribution in [0.15, 0.2) is 65.5 Å². The Labute approximate surface area is 146 Å². The predicted molar refractivity (Wildman–Crippen MR) is 93.6 cm³/mol. The highest BCUT2D eigenvalue weighted by Crippen LogP contribution is 2.23. The van der Waals surface area contributed by atoms with Gasteiger partial charge in [0.05, 0.1) is 17.0 Å². The van der Waals surface area contributed by atoms with Crippen LogP contribution < -0.4 is 5.56 Å². The summed E-state index contributed by atoms with van der Waals surface area (Å²) in [4.78, 5) is 26.4. The van der Waals surface area contributed by atoms with E-state index in [4.69, 9.17) is 5.11 Å². The van der Waals surface area contributed by atoms with Crippen molar-refractivity contribution in [2.45, 2.75) is 0 Å². The first-order chi connectivity index (χ1) is 12.5. The zero-order chi connectivity index (χ0) is 18.3. The lowest BCUT2D eigenvalue weighted by atomic mass is 10.1. The van der Waals surface area contributed by atoms with Crippen molar-refractivity contribution in [2.24, 2.45) is 0 Å². The van der Waals surface area contributed by atoms with Crippen molar-refractivity contribution in [3.63, 3.8) is 0 Å². The third kappa shape index (κ3) is 2.65. The van der Waals surface area contributed by atoms with Gasteiger partial charge in [-0.3, -0.25) is 4.79 Å². The van der Waals surface area contributed by atoms with E-state index in [1.54, 1.807) is 36.4 Å². The minimum absolute atomic E-state index is 0.156. The van der Waals surface area contributed by atoms with E-state index < -0.39 is 11.8 Å². The highest BCUT2D eigenvalue weighted by atomic mass is 19.1. The first-order valence-corrected chi connectivity index (χ1v) is 7.75. The molecule has 0 saturated carbocycles. The van der Waals surface area contributed by atoms with E-state index in [1.807, 2.05) is 0 Å². The van der Waals surface area contributed by atoms with Gasteiger partial charge in [-0.25, -0.2) is 9.18 Å². The maximum Gasteiger partial charge on any atom is 0.335 e. The van der Waals surface area contributed by atoms with Crippen molar-refractivity contribution in [3.05, 3.63) is 82.4 Å². The number of aromatic carboxylic acids is 1. The van der Waals surface area contributed by atoms with Crippen LogP contribution >= 0.6 is 0 Å². The van der Waals surface area contributed by atoms with Gasteiger partial charge < -0.3 is 10.1 Å². The quantitative estimate of drug-likeness (QED) is 0.595. The van der Waals surface area contributed by atoms with Crippen molar-refractivity contribution in [1.29, 1.82) is 0 Å². The number of carbonyl (C=O) groups is 1. The van der Waals surface area contributed by atoms with E-state index in [1.165, 1.54) is 24.3 Å². The van der Waals surface area contributed by atoms with Gasteiger partial charge in [0.1, 0.15) is 11.5 Å². The summed E-state index contributed by atoms with van der Waals surface area (Å²) in [5.74, 6) is -1.45. The Kier molecular flexibility index (Phi) is 3.62. The highest BCUT2D eigenvalue weighted by molar-refractivity contribution is 5.88. The number of hydrogen-bond acceptors (Lipinski definition) is 3. The standard InChI is InChI=1S/C19H12FN3O3/c20-14-4-2-1-3-13(14)16-9-17-21-15(10-18(24)23(17)22-16)11-5-7-12(8-6-11)19(25)26/h1-10,21H,(H,25,26). The molecule has 0 atom stereocenters. The molecule has 0 spiro atoms. The van der Waals surface area contributed by atoms with Gasteiger partial charge in [0.2, 0.25) is 0 Å². The van der Waals surface area contributed by atoms with Crippen molar-refractivity contribution in [1.82, 2.24) is 14.6 Å². The number of fused-ring (bicyclic) bond motifs is 1. The molecule has 4 rings (SSSR count). The molecule has 0 aliphatic rings. The lowest BCUT2D eigenvalue weighted by molar-refractivity contribution is 0.0697. The third-order valence-corrected chi connectivity index (χ3v) is 4.04. The molecule has 0 aliphatic carbocycles. The zero-order valence-electron chi connectivity index (χ0n) is 13.3. The number of hydrogen-bond donors (Lipinski definition) is 2. The van der Waals surface area contributed by atoms with Crippen LogP contribution in [0, 0.1) is 5.82 Å². The van der Waals surface area contributed by atoms with Gasteiger partial charge in [0.25, 0.3) is 5.56 Å². The van der Waals surface area contributed by atoms with Gasteiger partial charge in [-0.1, -0.05) is 24.3 Å². The van der Waals surface area contributed by atoms with Gasteiger partial charge in [-0.15, -0.1) is 0 Å². The molecule has 2 aromatic carbocycles. The first kappa shape index (κ1) is 15.8. The summed E-state index contributed by atoms with van der Waals surface area (Å²) in [5.41, 5.74) is 2.00. The average Bonchev–Trinajstić information content (AvgIpc) is 3.06. The number of carboxylic acids is 1. The summed E-state index contributed by atoms with van der Waals surface area (Å²) in [6.07, 6.45) is 0. The van der Waals surface area contributed by atoms with Crippen molar-refractivity contribution < 1.29 is 14.3 Å². The number of aromatic nitrogens is 3. The molecule has 0 amide bonds. The number of nitrogens with zero attached hydrogens (tertiary/aromatic N) is 2. The van der Waals surface area contributed by atoms with E-state index in [2.05, 4.69) is 10.1 Å². The molecule has 128 valence electrons. The number of nitrogens with one attached hydrogen (secondary N) is 1. The first-order valence-electron chi connectivity index (χ1n) is 7.75. The molecular weight excluding hydrogens is 337 g/mol. The van der Waals surface area contributed by atoms with Crippen LogP contribution in [0.25, 0.3) is 28.2 Å². The second-order valence-corrected chi connectivity index (χ2v) is 5.71. The topological polar surface area (TPSA) is 87.5 Å². The van der Waals surface area contributed by atoms with Crippen LogP contribution in [0.5, 0.6) is 0 Å². The third-order valence-electron chi connectivity index (χ3n) is 4.04. The lowest BCUT2D eigenvalue weighted by Gasteiger charge is -2.03. The summed E-state index contributed by atoms with van der Waals surface area (Å²) < 4.78 is 15.1. The SMILES string of the molecule is O=C(O)c1ccc(-c2cc(=O)n3nc(-c4ccccc4F)cc3[nH]2)cc1. The second-order valence-electron chi connectivity index (χ2n) is 5.71. The summed E-state index contributed by atoms with van der Waals surface area (Å²) in [6, 6.07) is 15.3. The molecular formula is C19H12FN3O3. The number of halogens is 1. The fraction of sp³-hybridized carbons (Fsp3) is 0. The van der Waals surface area contributed by atoms with E-state index in [0.29, 0.717) is 28.2 Å². The number of rotatable bonds is 3. The molecule has 2 N–H and O–H groups in total. The van der Waals surface area contributed by atoms with Gasteiger partial charge in [-0.05, 0) is 29.8 Å². The maximum absolute atomic E-state index is 14.0. The van der Waals surface area contributed by atoms with Crippen molar-refractivity contribution >= 4 is 11.6 Å². The number of H-pyrrole nitrogens is 1. The largest absolute Gasteiger partial charge is 0.478 e. The normalized spacial score (nSPS) is 11.0. The molecule has 0 unspecified atom stereocenters. The number of carboxylic acid groups (broad SMARTS) is 1. The van der Waals surface area contributed by atoms with E-state index in [-0.39, 0.29) is 11.1 Å². The van der Waals surface area contributed by atoms with E-state index in [9.17, 15) is 14.0 Å². The molecule has 0 radical (unpaired) electrons. The fourth-order valence-electron chi connectivity index (χ4n) is 2.75. The summed E-state index contributed by atoms with van der Waals surface area (Å²) >= 11 is 0. The fourth-order valence-corrected chi connectivity index (χ4v) is 2.75. The summed E-state index contributed by atoms with van der Waals surface area (Å²) in [7, 11) is 0. The summed E-state index contributed by atoms with van der Waals surface area (Å²) in [5, 5.41) is 13.1. The Morgan fingerprint density at radius 3 is 2.50 bits per heavy atom. The monoisotopic (exact) mass is 349 g/mol. The Hall–Kier alpha value is -3.74. The zero-order valence-corrected chi connectivity index (χ0v) is 13.3. The van der Waals surface area contributed by atoms with Crippen LogP contribution in [-0.4, -0.2) is 25.7 Å².